The molecule has 1 aromatic heterocycles. The molecular weight excluding hydrogens is 236 g/mol. The van der Waals surface area contributed by atoms with Crippen molar-refractivity contribution in [3.63, 3.8) is 0 Å². The molecule has 0 bridgehead atoms. The number of nitrogens with one attached hydrogen (secondary N) is 1. The third-order valence-electron chi connectivity index (χ3n) is 1.95. The monoisotopic (exact) mass is 251 g/mol. The molecule has 1 unspecified atom stereocenters. The third-order valence-corrected chi connectivity index (χ3v) is 2.52. The molecule has 16 heavy (non-hydrogen) atoms. The highest BCUT2D eigenvalue weighted by Gasteiger charge is 2.15. The van der Waals surface area contributed by atoms with Gasteiger partial charge in [-0.05, 0) is 18.4 Å². The lowest BCUT2D eigenvalue weighted by Gasteiger charge is -2.09. The number of aliphatic hydroxyl groups excluding tert-OH is 1. The number of hydrogen-bond acceptors (Lipinski definition) is 4. The van der Waals surface area contributed by atoms with Gasteiger partial charge in [0.15, 0.2) is 0 Å². The molecule has 1 aromatic rings. The Hall–Kier alpha value is -0.590. The van der Waals surface area contributed by atoms with Crippen LogP contribution >= 0.6 is 11.8 Å². The van der Waals surface area contributed by atoms with Crippen LogP contribution in [0.5, 0.6) is 0 Å². The number of halogens is 2. The predicted molar refractivity (Wildman–Crippen MR) is 59.6 cm³/mol. The molecular formula is C10H15F2NO2S. The molecule has 0 fully saturated rings. The van der Waals surface area contributed by atoms with Crippen LogP contribution in [-0.4, -0.2) is 30.4 Å². The zero-order valence-electron chi connectivity index (χ0n) is 8.95. The summed E-state index contributed by atoms with van der Waals surface area (Å²) in [6, 6.07) is 3.66. The first-order chi connectivity index (χ1) is 7.63. The van der Waals surface area contributed by atoms with Gasteiger partial charge in [0.05, 0.1) is 12.3 Å². The zero-order chi connectivity index (χ0) is 12.0. The minimum Gasteiger partial charge on any atom is -0.464 e. The van der Waals surface area contributed by atoms with Crippen LogP contribution < -0.4 is 5.32 Å². The molecule has 0 radical (unpaired) electrons. The highest BCUT2D eigenvalue weighted by molar-refractivity contribution is 7.97. The Morgan fingerprint density at radius 1 is 1.44 bits per heavy atom. The average molecular weight is 251 g/mol. The first-order valence-electron chi connectivity index (χ1n) is 4.87. The number of alkyl halides is 2. The Kier molecular flexibility index (Phi) is 5.79. The molecule has 0 saturated carbocycles. The zero-order valence-corrected chi connectivity index (χ0v) is 9.77. The largest absolute Gasteiger partial charge is 0.464 e. The van der Waals surface area contributed by atoms with Gasteiger partial charge in [0.1, 0.15) is 17.6 Å². The van der Waals surface area contributed by atoms with E-state index >= 15 is 0 Å². The summed E-state index contributed by atoms with van der Waals surface area (Å²) in [5, 5.41) is 11.6. The van der Waals surface area contributed by atoms with Gasteiger partial charge in [0.2, 0.25) is 0 Å². The fourth-order valence-corrected chi connectivity index (χ4v) is 1.61. The quantitative estimate of drug-likeness (QED) is 0.776. The smallest absolute Gasteiger partial charge is 0.265 e. The van der Waals surface area contributed by atoms with Gasteiger partial charge in [-0.2, -0.15) is 11.8 Å². The maximum atomic E-state index is 11.9. The number of aliphatic hydroxyl groups is 1. The van der Waals surface area contributed by atoms with E-state index in [0.717, 1.165) is 11.5 Å². The van der Waals surface area contributed by atoms with E-state index < -0.39 is 12.5 Å². The van der Waals surface area contributed by atoms with E-state index in [1.54, 1.807) is 17.8 Å². The van der Waals surface area contributed by atoms with Crippen LogP contribution in [0.3, 0.4) is 0 Å². The second-order valence-corrected chi connectivity index (χ2v) is 4.20. The molecule has 1 rings (SSSR count). The Morgan fingerprint density at radius 3 is 2.75 bits per heavy atom. The summed E-state index contributed by atoms with van der Waals surface area (Å²) >= 11 is 1.65. The molecule has 92 valence electrons. The molecule has 2 N–H and O–H groups in total. The van der Waals surface area contributed by atoms with Gasteiger partial charge in [-0.1, -0.05) is 0 Å². The van der Waals surface area contributed by atoms with E-state index in [-0.39, 0.29) is 6.54 Å². The minimum atomic E-state index is -2.71. The Labute approximate surface area is 97.2 Å². The second kappa shape index (κ2) is 6.88. The molecule has 0 aliphatic carbocycles. The van der Waals surface area contributed by atoms with E-state index in [9.17, 15) is 8.78 Å². The van der Waals surface area contributed by atoms with Gasteiger partial charge in [0, 0.05) is 6.54 Å². The van der Waals surface area contributed by atoms with E-state index in [1.807, 2.05) is 12.3 Å². The normalized spacial score (nSPS) is 13.3. The summed E-state index contributed by atoms with van der Waals surface area (Å²) in [5.41, 5.74) is 0. The van der Waals surface area contributed by atoms with Crippen molar-refractivity contribution in [2.45, 2.75) is 24.8 Å². The fraction of sp³-hybridized carbons (Fsp3) is 0.600. The number of thioether (sulfide) groups is 1. The second-order valence-electron chi connectivity index (χ2n) is 3.33. The highest BCUT2D eigenvalue weighted by atomic mass is 32.2. The van der Waals surface area contributed by atoms with Crippen molar-refractivity contribution in [1.29, 1.82) is 0 Å². The van der Waals surface area contributed by atoms with E-state index in [2.05, 4.69) is 5.32 Å². The van der Waals surface area contributed by atoms with Crippen molar-refractivity contribution in [3.05, 3.63) is 23.7 Å². The van der Waals surface area contributed by atoms with Crippen molar-refractivity contribution in [3.8, 4) is 0 Å². The minimum absolute atomic E-state index is 0.143. The van der Waals surface area contributed by atoms with E-state index in [0.29, 0.717) is 12.3 Å². The van der Waals surface area contributed by atoms with Crippen LogP contribution in [0, 0.1) is 0 Å². The summed E-state index contributed by atoms with van der Waals surface area (Å²) in [6.45, 7) is 0.203. The van der Waals surface area contributed by atoms with Crippen molar-refractivity contribution in [2.75, 3.05) is 12.8 Å². The molecule has 0 spiro atoms. The van der Waals surface area contributed by atoms with Crippen LogP contribution in [0.15, 0.2) is 16.5 Å². The summed E-state index contributed by atoms with van der Waals surface area (Å²) in [4.78, 5) is 0. The molecule has 0 aliphatic heterocycles. The Balaban J connectivity index is 2.26. The van der Waals surface area contributed by atoms with E-state index in [1.165, 1.54) is 0 Å². The standard InChI is InChI=1S/C10H15F2NO2S/c1-16-6-8-3-2-7(15-8)4-13-5-9(14)10(11)12/h2-3,9-10,13-14H,4-6H2,1H3. The lowest BCUT2D eigenvalue weighted by Crippen LogP contribution is -2.31. The summed E-state index contributed by atoms with van der Waals surface area (Å²) in [7, 11) is 0. The molecule has 0 saturated heterocycles. The lowest BCUT2D eigenvalue weighted by atomic mass is 10.3. The fourth-order valence-electron chi connectivity index (χ4n) is 1.17. The highest BCUT2D eigenvalue weighted by Crippen LogP contribution is 2.13. The molecule has 0 amide bonds. The lowest BCUT2D eigenvalue weighted by molar-refractivity contribution is -0.00360. The van der Waals surface area contributed by atoms with Gasteiger partial charge >= 0.3 is 0 Å². The molecule has 6 heteroatoms. The van der Waals surface area contributed by atoms with Crippen LogP contribution in [0.25, 0.3) is 0 Å². The van der Waals surface area contributed by atoms with Gasteiger partial charge < -0.3 is 14.8 Å². The van der Waals surface area contributed by atoms with Crippen molar-refractivity contribution < 1.29 is 18.3 Å². The molecule has 0 aromatic carbocycles. The maximum Gasteiger partial charge on any atom is 0.265 e. The van der Waals surface area contributed by atoms with Gasteiger partial charge in [-0.25, -0.2) is 8.78 Å². The Bertz CT molecular complexity index is 307. The first kappa shape index (κ1) is 13.5. The van der Waals surface area contributed by atoms with Crippen molar-refractivity contribution in [2.24, 2.45) is 0 Å². The first-order valence-corrected chi connectivity index (χ1v) is 6.26. The van der Waals surface area contributed by atoms with Crippen molar-refractivity contribution in [1.82, 2.24) is 5.32 Å². The topological polar surface area (TPSA) is 45.4 Å². The molecule has 1 heterocycles. The number of rotatable bonds is 7. The van der Waals surface area contributed by atoms with Gasteiger partial charge in [-0.3, -0.25) is 0 Å². The predicted octanol–water partition coefficient (Wildman–Crippen LogP) is 1.86. The summed E-state index contributed by atoms with van der Waals surface area (Å²) < 4.78 is 29.3. The molecule has 3 nitrogen and oxygen atoms in total. The van der Waals surface area contributed by atoms with E-state index in [4.69, 9.17) is 9.52 Å². The third kappa shape index (κ3) is 4.51. The van der Waals surface area contributed by atoms with Crippen molar-refractivity contribution >= 4 is 11.8 Å². The summed E-state index contributed by atoms with van der Waals surface area (Å²) in [6.07, 6.45) is -2.36. The van der Waals surface area contributed by atoms with Gasteiger partial charge in [-0.15, -0.1) is 0 Å². The van der Waals surface area contributed by atoms with Crippen LogP contribution in [0.2, 0.25) is 0 Å². The maximum absolute atomic E-state index is 11.9. The van der Waals surface area contributed by atoms with Crippen LogP contribution in [0.4, 0.5) is 8.78 Å². The number of hydrogen-bond donors (Lipinski definition) is 2. The molecule has 1 atom stereocenters. The number of furan rings is 1. The Morgan fingerprint density at radius 2 is 2.12 bits per heavy atom. The molecule has 0 aliphatic rings. The summed E-state index contributed by atoms with van der Waals surface area (Å²) in [5.74, 6) is 2.34. The van der Waals surface area contributed by atoms with Crippen LogP contribution in [0.1, 0.15) is 11.5 Å². The average Bonchev–Trinajstić information content (AvgIpc) is 2.66. The van der Waals surface area contributed by atoms with Gasteiger partial charge in [0.25, 0.3) is 6.43 Å². The SMILES string of the molecule is CSCc1ccc(CNCC(O)C(F)F)o1. The van der Waals surface area contributed by atoms with Crippen LogP contribution in [-0.2, 0) is 12.3 Å².